The number of phosphoric ester groups is 1. The van der Waals surface area contributed by atoms with Crippen molar-refractivity contribution in [2.24, 2.45) is 5.73 Å². The molecule has 0 fully saturated rings. The van der Waals surface area contributed by atoms with E-state index in [1.54, 1.807) is 0 Å². The van der Waals surface area contributed by atoms with E-state index in [2.05, 4.69) is 13.8 Å². The molecule has 2 unspecified atom stereocenters. The van der Waals surface area contributed by atoms with Gasteiger partial charge in [0.15, 0.2) is 6.10 Å². The Morgan fingerprint density at radius 2 is 0.878 bits per heavy atom. The van der Waals surface area contributed by atoms with Crippen molar-refractivity contribution in [1.29, 1.82) is 0 Å². The minimum Gasteiger partial charge on any atom is -0.462 e. The molecule has 292 valence electrons. The van der Waals surface area contributed by atoms with Gasteiger partial charge in [0.25, 0.3) is 0 Å². The summed E-state index contributed by atoms with van der Waals surface area (Å²) >= 11 is 0. The van der Waals surface area contributed by atoms with Crippen LogP contribution in [0.5, 0.6) is 0 Å². The first-order chi connectivity index (χ1) is 23.8. The number of phosphoric acid groups is 1. The summed E-state index contributed by atoms with van der Waals surface area (Å²) in [5.41, 5.74) is 5.34. The molecule has 0 aromatic heterocycles. The summed E-state index contributed by atoms with van der Waals surface area (Å²) in [5, 5.41) is 0. The smallest absolute Gasteiger partial charge is 0.462 e. The Kier molecular flexibility index (Phi) is 36.0. The molecule has 0 saturated carbocycles. The number of hydrogen-bond acceptors (Lipinski definition) is 8. The highest BCUT2D eigenvalue weighted by Crippen LogP contribution is 2.43. The van der Waals surface area contributed by atoms with Crippen LogP contribution in [-0.2, 0) is 32.7 Å². The molecule has 0 aromatic carbocycles. The third kappa shape index (κ3) is 36.6. The van der Waals surface area contributed by atoms with Crippen molar-refractivity contribution in [3.05, 3.63) is 0 Å². The molecular weight excluding hydrogens is 641 g/mol. The van der Waals surface area contributed by atoms with E-state index in [0.29, 0.717) is 6.42 Å². The van der Waals surface area contributed by atoms with Crippen LogP contribution < -0.4 is 5.73 Å². The molecule has 0 aliphatic rings. The third-order valence-corrected chi connectivity index (χ3v) is 9.98. The van der Waals surface area contributed by atoms with E-state index in [0.717, 1.165) is 32.1 Å². The first kappa shape index (κ1) is 48.0. The quantitative estimate of drug-likeness (QED) is 0.0361. The largest absolute Gasteiger partial charge is 0.472 e. The number of carbonyl (C=O) groups excluding carboxylic acids is 2. The molecule has 2 atom stereocenters. The summed E-state index contributed by atoms with van der Waals surface area (Å²) in [7, 11) is -4.36. The van der Waals surface area contributed by atoms with Gasteiger partial charge in [-0.2, -0.15) is 0 Å². The Labute approximate surface area is 301 Å². The average Bonchev–Trinajstić information content (AvgIpc) is 3.08. The van der Waals surface area contributed by atoms with Gasteiger partial charge in [-0.25, -0.2) is 4.57 Å². The van der Waals surface area contributed by atoms with Crippen LogP contribution in [0.25, 0.3) is 0 Å². The Morgan fingerprint density at radius 1 is 0.531 bits per heavy atom. The van der Waals surface area contributed by atoms with Crippen LogP contribution in [0.1, 0.15) is 206 Å². The molecule has 0 aromatic rings. The molecule has 9 nitrogen and oxygen atoms in total. The second kappa shape index (κ2) is 36.8. The minimum absolute atomic E-state index is 0.0579. The van der Waals surface area contributed by atoms with Gasteiger partial charge in [-0.15, -0.1) is 0 Å². The highest BCUT2D eigenvalue weighted by atomic mass is 31.2. The molecule has 0 spiro atoms. The van der Waals surface area contributed by atoms with Crippen molar-refractivity contribution in [3.63, 3.8) is 0 Å². The molecule has 0 amide bonds. The third-order valence-electron chi connectivity index (χ3n) is 8.99. The van der Waals surface area contributed by atoms with Crippen molar-refractivity contribution in [2.75, 3.05) is 26.4 Å². The van der Waals surface area contributed by atoms with Crippen LogP contribution in [0, 0.1) is 0 Å². The zero-order chi connectivity index (χ0) is 36.1. The molecule has 49 heavy (non-hydrogen) atoms. The highest BCUT2D eigenvalue weighted by molar-refractivity contribution is 7.47. The van der Waals surface area contributed by atoms with E-state index in [9.17, 15) is 19.0 Å². The topological polar surface area (TPSA) is 134 Å². The Balaban J connectivity index is 4.12. The van der Waals surface area contributed by atoms with E-state index in [-0.39, 0.29) is 38.6 Å². The van der Waals surface area contributed by atoms with Gasteiger partial charge in [0.05, 0.1) is 13.2 Å². The van der Waals surface area contributed by atoms with Gasteiger partial charge in [-0.05, 0) is 12.8 Å². The van der Waals surface area contributed by atoms with Gasteiger partial charge in [-0.1, -0.05) is 181 Å². The maximum atomic E-state index is 12.5. The molecule has 0 aliphatic heterocycles. The van der Waals surface area contributed by atoms with Crippen molar-refractivity contribution in [2.45, 2.75) is 213 Å². The van der Waals surface area contributed by atoms with E-state index in [1.807, 2.05) is 0 Å². The highest BCUT2D eigenvalue weighted by Gasteiger charge is 2.26. The monoisotopic (exact) mass is 720 g/mol. The minimum atomic E-state index is -4.36. The van der Waals surface area contributed by atoms with Crippen LogP contribution in [0.4, 0.5) is 0 Å². The van der Waals surface area contributed by atoms with E-state index in [4.69, 9.17) is 24.3 Å². The Bertz CT molecular complexity index is 784. The first-order valence-electron chi connectivity index (χ1n) is 20.5. The lowest BCUT2D eigenvalue weighted by molar-refractivity contribution is -0.161. The molecule has 10 heteroatoms. The predicted molar refractivity (Wildman–Crippen MR) is 201 cm³/mol. The Morgan fingerprint density at radius 3 is 1.24 bits per heavy atom. The normalized spacial score (nSPS) is 13.3. The number of esters is 2. The molecular formula is C39H78NO8P. The number of unbranched alkanes of at least 4 members (excludes halogenated alkanes) is 26. The van der Waals surface area contributed by atoms with Crippen molar-refractivity contribution < 1.29 is 37.6 Å². The predicted octanol–water partition coefficient (Wildman–Crippen LogP) is 11.3. The lowest BCUT2D eigenvalue weighted by atomic mass is 10.0. The van der Waals surface area contributed by atoms with Crippen molar-refractivity contribution in [1.82, 2.24) is 0 Å². The molecule has 0 rings (SSSR count). The van der Waals surface area contributed by atoms with Gasteiger partial charge in [-0.3, -0.25) is 18.6 Å². The lowest BCUT2D eigenvalue weighted by Gasteiger charge is -2.19. The number of hydrogen-bond donors (Lipinski definition) is 2. The SMILES string of the molecule is CCCCCCCCCCCCCCCCCCCC(=O)OC(COC(=O)CCCCCCCCCCCCC)COP(=O)(O)OCCN. The second-order valence-corrected chi connectivity index (χ2v) is 15.3. The fourth-order valence-electron chi connectivity index (χ4n) is 5.93. The standard InChI is InChI=1S/C39H78NO8P/c1-3-5-7-9-11-13-15-16-17-18-19-20-22-24-26-28-30-32-39(42)48-37(36-47-49(43,44)46-34-33-40)35-45-38(41)31-29-27-25-23-21-14-12-10-8-6-4-2/h37H,3-36,40H2,1-2H3,(H,43,44). The van der Waals surface area contributed by atoms with E-state index < -0.39 is 26.5 Å². The molecule has 0 aliphatic carbocycles. The van der Waals surface area contributed by atoms with Crippen LogP contribution in [0.2, 0.25) is 0 Å². The van der Waals surface area contributed by atoms with Crippen molar-refractivity contribution >= 4 is 19.8 Å². The number of rotatable bonds is 39. The summed E-state index contributed by atoms with van der Waals surface area (Å²) < 4.78 is 32.7. The summed E-state index contributed by atoms with van der Waals surface area (Å²) in [6.07, 6.45) is 34.1. The zero-order valence-corrected chi connectivity index (χ0v) is 32.8. The molecule has 0 radical (unpaired) electrons. The summed E-state index contributed by atoms with van der Waals surface area (Å²) in [6, 6.07) is 0. The second-order valence-electron chi connectivity index (χ2n) is 13.9. The van der Waals surface area contributed by atoms with Crippen LogP contribution in [0.15, 0.2) is 0 Å². The van der Waals surface area contributed by atoms with Crippen LogP contribution >= 0.6 is 7.82 Å². The van der Waals surface area contributed by atoms with Gasteiger partial charge >= 0.3 is 19.8 Å². The Hall–Kier alpha value is -0.990. The maximum absolute atomic E-state index is 12.5. The summed E-state index contributed by atoms with van der Waals surface area (Å²) in [6.45, 7) is 3.75. The van der Waals surface area contributed by atoms with Gasteiger partial charge < -0.3 is 20.1 Å². The van der Waals surface area contributed by atoms with Gasteiger partial charge in [0, 0.05) is 19.4 Å². The van der Waals surface area contributed by atoms with Gasteiger partial charge in [0.2, 0.25) is 0 Å². The molecule has 0 saturated heterocycles. The van der Waals surface area contributed by atoms with E-state index in [1.165, 1.54) is 141 Å². The average molecular weight is 720 g/mol. The van der Waals surface area contributed by atoms with Crippen LogP contribution in [-0.4, -0.2) is 49.3 Å². The van der Waals surface area contributed by atoms with Crippen LogP contribution in [0.3, 0.4) is 0 Å². The summed E-state index contributed by atoms with van der Waals surface area (Å²) in [4.78, 5) is 34.7. The molecule has 3 N–H and O–H groups in total. The maximum Gasteiger partial charge on any atom is 0.472 e. The fourth-order valence-corrected chi connectivity index (χ4v) is 6.69. The van der Waals surface area contributed by atoms with E-state index >= 15 is 0 Å². The number of ether oxygens (including phenoxy) is 2. The zero-order valence-electron chi connectivity index (χ0n) is 31.9. The number of nitrogens with two attached hydrogens (primary N) is 1. The fraction of sp³-hybridized carbons (Fsp3) is 0.949. The number of carbonyl (C=O) groups is 2. The molecule has 0 heterocycles. The first-order valence-corrected chi connectivity index (χ1v) is 22.0. The lowest BCUT2D eigenvalue weighted by Crippen LogP contribution is -2.29. The van der Waals surface area contributed by atoms with Crippen molar-refractivity contribution in [3.8, 4) is 0 Å². The molecule has 0 bridgehead atoms. The van der Waals surface area contributed by atoms with Gasteiger partial charge in [0.1, 0.15) is 6.61 Å². The summed E-state index contributed by atoms with van der Waals surface area (Å²) in [5.74, 6) is -0.816.